The summed E-state index contributed by atoms with van der Waals surface area (Å²) in [7, 11) is 1.39. The first kappa shape index (κ1) is 15.0. The van der Waals surface area contributed by atoms with Gasteiger partial charge in [-0.15, -0.1) is 0 Å². The van der Waals surface area contributed by atoms with Crippen molar-refractivity contribution in [2.45, 2.75) is 50.4 Å². The van der Waals surface area contributed by atoms with E-state index in [1.165, 1.54) is 25.5 Å². The van der Waals surface area contributed by atoms with Crippen LogP contribution in [0.5, 0.6) is 0 Å². The van der Waals surface area contributed by atoms with E-state index >= 15 is 0 Å². The van der Waals surface area contributed by atoms with E-state index in [0.717, 1.165) is 23.9 Å². The van der Waals surface area contributed by atoms with Crippen molar-refractivity contribution in [3.8, 4) is 0 Å². The molecule has 2 bridgehead atoms. The summed E-state index contributed by atoms with van der Waals surface area (Å²) in [6.07, 6.45) is 3.99. The number of aliphatic hydroxyl groups excluding tert-OH is 1. The zero-order valence-electron chi connectivity index (χ0n) is 12.1. The van der Waals surface area contributed by atoms with Crippen LogP contribution in [0.25, 0.3) is 0 Å². The number of benzene rings is 1. The smallest absolute Gasteiger partial charge is 0.337 e. The summed E-state index contributed by atoms with van der Waals surface area (Å²) in [6.45, 7) is 0.865. The lowest BCUT2D eigenvalue weighted by Crippen LogP contribution is -2.44. The Kier molecular flexibility index (Phi) is 4.33. The molecule has 2 aliphatic rings. The predicted molar refractivity (Wildman–Crippen MR) is 83.1 cm³/mol. The lowest BCUT2D eigenvalue weighted by molar-refractivity contribution is 0.0309. The summed E-state index contributed by atoms with van der Waals surface area (Å²) in [5.41, 5.74) is 1.74. The summed E-state index contributed by atoms with van der Waals surface area (Å²) < 4.78 is 5.68. The highest BCUT2D eigenvalue weighted by molar-refractivity contribution is 9.10. The van der Waals surface area contributed by atoms with E-state index in [0.29, 0.717) is 17.6 Å². The molecule has 0 aliphatic carbocycles. The van der Waals surface area contributed by atoms with Gasteiger partial charge in [0.25, 0.3) is 0 Å². The third kappa shape index (κ3) is 3.00. The van der Waals surface area contributed by atoms with Crippen molar-refractivity contribution >= 4 is 21.9 Å². The number of nitrogens with zero attached hydrogens (tertiary/aromatic N) is 1. The van der Waals surface area contributed by atoms with Gasteiger partial charge in [0, 0.05) is 23.1 Å². The van der Waals surface area contributed by atoms with E-state index in [9.17, 15) is 9.90 Å². The van der Waals surface area contributed by atoms with Gasteiger partial charge < -0.3 is 9.84 Å². The number of piperidine rings is 1. The maximum Gasteiger partial charge on any atom is 0.337 e. The van der Waals surface area contributed by atoms with Crippen molar-refractivity contribution < 1.29 is 14.6 Å². The van der Waals surface area contributed by atoms with Gasteiger partial charge in [-0.3, -0.25) is 4.90 Å². The van der Waals surface area contributed by atoms with Gasteiger partial charge in [0.1, 0.15) is 0 Å². The third-order valence-corrected chi connectivity index (χ3v) is 5.42. The molecule has 2 saturated heterocycles. The van der Waals surface area contributed by atoms with Crippen molar-refractivity contribution in [1.82, 2.24) is 4.90 Å². The summed E-state index contributed by atoms with van der Waals surface area (Å²) in [6, 6.07) is 6.60. The molecular weight excluding hydrogens is 334 g/mol. The second-order valence-corrected chi connectivity index (χ2v) is 6.83. The monoisotopic (exact) mass is 353 g/mol. The zero-order valence-corrected chi connectivity index (χ0v) is 13.7. The van der Waals surface area contributed by atoms with Gasteiger partial charge >= 0.3 is 5.97 Å². The van der Waals surface area contributed by atoms with Crippen molar-refractivity contribution in [3.05, 3.63) is 33.8 Å². The molecule has 2 atom stereocenters. The Morgan fingerprint density at radius 3 is 2.62 bits per heavy atom. The third-order valence-electron chi connectivity index (χ3n) is 4.69. The van der Waals surface area contributed by atoms with Gasteiger partial charge in [0.2, 0.25) is 0 Å². The van der Waals surface area contributed by atoms with Crippen molar-refractivity contribution in [2.75, 3.05) is 7.11 Å². The van der Waals surface area contributed by atoms with Gasteiger partial charge in [0.05, 0.1) is 18.8 Å². The summed E-state index contributed by atoms with van der Waals surface area (Å²) in [4.78, 5) is 14.0. The fraction of sp³-hybridized carbons (Fsp3) is 0.562. The molecule has 5 heteroatoms. The van der Waals surface area contributed by atoms with Crippen LogP contribution in [-0.4, -0.2) is 41.3 Å². The molecule has 2 unspecified atom stereocenters. The van der Waals surface area contributed by atoms with Crippen LogP contribution in [0.4, 0.5) is 0 Å². The SMILES string of the molecule is COC(=O)c1ccc(CN2C3CCC2CC(O)C3)c(Br)c1. The Morgan fingerprint density at radius 1 is 1.38 bits per heavy atom. The number of halogens is 1. The number of hydrogen-bond donors (Lipinski definition) is 1. The molecule has 1 aromatic rings. The average molecular weight is 354 g/mol. The molecule has 0 amide bonds. The lowest BCUT2D eigenvalue weighted by atomic mass is 9.99. The largest absolute Gasteiger partial charge is 0.465 e. The standard InChI is InChI=1S/C16H20BrNO3/c1-21-16(20)10-2-3-11(15(17)6-10)9-18-12-4-5-13(18)8-14(19)7-12/h2-3,6,12-14,19H,4-5,7-9H2,1H3. The molecule has 2 fully saturated rings. The van der Waals surface area contributed by atoms with Crippen molar-refractivity contribution in [2.24, 2.45) is 0 Å². The van der Waals surface area contributed by atoms with Gasteiger partial charge in [-0.1, -0.05) is 22.0 Å². The second-order valence-electron chi connectivity index (χ2n) is 5.98. The number of carbonyl (C=O) groups is 1. The number of hydrogen-bond acceptors (Lipinski definition) is 4. The molecule has 0 saturated carbocycles. The predicted octanol–water partition coefficient (Wildman–Crippen LogP) is 2.72. The van der Waals surface area contributed by atoms with Gasteiger partial charge in [-0.05, 0) is 43.4 Å². The molecule has 3 rings (SSSR count). The highest BCUT2D eigenvalue weighted by Crippen LogP contribution is 2.37. The summed E-state index contributed by atoms with van der Waals surface area (Å²) in [5, 5.41) is 9.87. The Bertz CT molecular complexity index is 534. The Morgan fingerprint density at radius 2 is 2.05 bits per heavy atom. The molecule has 0 aromatic heterocycles. The fourth-order valence-electron chi connectivity index (χ4n) is 3.62. The summed E-state index contributed by atoms with van der Waals surface area (Å²) in [5.74, 6) is -0.316. The maximum absolute atomic E-state index is 11.5. The van der Waals surface area contributed by atoms with E-state index < -0.39 is 0 Å². The van der Waals surface area contributed by atoms with Gasteiger partial charge in [0.15, 0.2) is 0 Å². The molecule has 0 spiro atoms. The molecule has 21 heavy (non-hydrogen) atoms. The Balaban J connectivity index is 1.75. The van der Waals surface area contributed by atoms with Crippen molar-refractivity contribution in [1.29, 1.82) is 0 Å². The molecule has 1 N–H and O–H groups in total. The number of methoxy groups -OCH3 is 1. The topological polar surface area (TPSA) is 49.8 Å². The number of esters is 1. The first-order valence-electron chi connectivity index (χ1n) is 7.39. The molecule has 114 valence electrons. The van der Waals surface area contributed by atoms with Crippen LogP contribution in [0.3, 0.4) is 0 Å². The van der Waals surface area contributed by atoms with Crippen LogP contribution in [0.2, 0.25) is 0 Å². The number of rotatable bonds is 3. The highest BCUT2D eigenvalue weighted by atomic mass is 79.9. The molecule has 0 radical (unpaired) electrons. The molecule has 2 heterocycles. The minimum absolute atomic E-state index is 0.135. The average Bonchev–Trinajstić information content (AvgIpc) is 2.70. The maximum atomic E-state index is 11.5. The van der Waals surface area contributed by atoms with Crippen LogP contribution >= 0.6 is 15.9 Å². The van der Waals surface area contributed by atoms with E-state index in [1.807, 2.05) is 18.2 Å². The number of carbonyl (C=O) groups excluding carboxylic acids is 1. The van der Waals surface area contributed by atoms with Crippen LogP contribution in [-0.2, 0) is 11.3 Å². The Hall–Kier alpha value is -0.910. The zero-order chi connectivity index (χ0) is 15.0. The molecule has 4 nitrogen and oxygen atoms in total. The van der Waals surface area contributed by atoms with E-state index in [-0.39, 0.29) is 12.1 Å². The molecular formula is C16H20BrNO3. The van der Waals surface area contributed by atoms with Crippen LogP contribution < -0.4 is 0 Å². The number of aliphatic hydroxyl groups is 1. The first-order chi connectivity index (χ1) is 10.1. The lowest BCUT2D eigenvalue weighted by Gasteiger charge is -2.37. The quantitative estimate of drug-likeness (QED) is 0.848. The summed E-state index contributed by atoms with van der Waals surface area (Å²) >= 11 is 3.56. The number of fused-ring (bicyclic) bond motifs is 2. The van der Waals surface area contributed by atoms with E-state index in [4.69, 9.17) is 4.74 Å². The number of ether oxygens (including phenoxy) is 1. The fourth-order valence-corrected chi connectivity index (χ4v) is 4.12. The molecule has 1 aromatic carbocycles. The van der Waals surface area contributed by atoms with Crippen molar-refractivity contribution in [3.63, 3.8) is 0 Å². The van der Waals surface area contributed by atoms with E-state index in [1.54, 1.807) is 0 Å². The minimum atomic E-state index is -0.316. The Labute approximate surface area is 133 Å². The second kappa shape index (κ2) is 6.07. The highest BCUT2D eigenvalue weighted by Gasteiger charge is 2.40. The van der Waals surface area contributed by atoms with Crippen LogP contribution in [0.1, 0.15) is 41.6 Å². The van der Waals surface area contributed by atoms with Gasteiger partial charge in [-0.25, -0.2) is 4.79 Å². The van der Waals surface area contributed by atoms with E-state index in [2.05, 4.69) is 20.8 Å². The first-order valence-corrected chi connectivity index (χ1v) is 8.18. The normalized spacial score (nSPS) is 28.6. The van der Waals surface area contributed by atoms with Gasteiger partial charge in [-0.2, -0.15) is 0 Å². The minimum Gasteiger partial charge on any atom is -0.465 e. The van der Waals surface area contributed by atoms with Crippen LogP contribution in [0.15, 0.2) is 22.7 Å². The molecule has 2 aliphatic heterocycles. The van der Waals surface area contributed by atoms with Crippen LogP contribution in [0, 0.1) is 0 Å².